The monoisotopic (exact) mass is 861 g/mol. The van der Waals surface area contributed by atoms with Crippen molar-refractivity contribution in [1.29, 1.82) is 0 Å². The van der Waals surface area contributed by atoms with E-state index in [0.717, 1.165) is 37.0 Å². The van der Waals surface area contributed by atoms with Crippen LogP contribution in [-0.4, -0.2) is 16.5 Å². The molecule has 1 aromatic heterocycles. The Morgan fingerprint density at radius 2 is 1.09 bits per heavy atom. The molecule has 3 atom stereocenters. The molecule has 4 aliphatic rings. The van der Waals surface area contributed by atoms with E-state index in [-0.39, 0.29) is 11.5 Å². The molecule has 322 valence electrons. The van der Waals surface area contributed by atoms with Crippen LogP contribution in [0, 0.1) is 0 Å². The zero-order valence-electron chi connectivity index (χ0n) is 38.3. The van der Waals surface area contributed by atoms with E-state index in [0.29, 0.717) is 0 Å². The van der Waals surface area contributed by atoms with E-state index in [9.17, 15) is 0 Å². The number of benzene rings is 8. The summed E-state index contributed by atoms with van der Waals surface area (Å²) in [5, 5.41) is 2.56. The number of allylic oxidation sites excluding steroid dienone is 4. The van der Waals surface area contributed by atoms with Gasteiger partial charge in [0.25, 0.3) is 0 Å². The first-order valence-electron chi connectivity index (χ1n) is 24.1. The summed E-state index contributed by atoms with van der Waals surface area (Å²) in [5.74, 6) is 0. The molecule has 13 rings (SSSR count). The van der Waals surface area contributed by atoms with Gasteiger partial charge in [-0.3, -0.25) is 9.98 Å². The summed E-state index contributed by atoms with van der Waals surface area (Å²) < 4.78 is 2.42. The van der Waals surface area contributed by atoms with Gasteiger partial charge in [0, 0.05) is 33.7 Å². The van der Waals surface area contributed by atoms with Crippen LogP contribution in [0.3, 0.4) is 0 Å². The average molecular weight is 862 g/mol. The molecule has 0 radical (unpaired) electrons. The molecule has 3 heteroatoms. The van der Waals surface area contributed by atoms with Crippen molar-refractivity contribution < 1.29 is 0 Å². The van der Waals surface area contributed by atoms with E-state index >= 15 is 0 Å². The number of rotatable bonds is 7. The fraction of sp³-hybridized carbons (Fsp3) is 0.156. The van der Waals surface area contributed by atoms with E-state index in [1.54, 1.807) is 0 Å². The molecule has 67 heavy (non-hydrogen) atoms. The zero-order chi connectivity index (χ0) is 44.9. The lowest BCUT2D eigenvalue weighted by molar-refractivity contribution is 0.396. The van der Waals surface area contributed by atoms with Gasteiger partial charge in [0.15, 0.2) is 0 Å². The van der Waals surface area contributed by atoms with Gasteiger partial charge in [0.2, 0.25) is 0 Å². The van der Waals surface area contributed by atoms with Crippen LogP contribution in [0.25, 0.3) is 72.0 Å². The standard InChI is InChI=1S/C64H51N3/c1-4-36-63(2)57-37-45(30-33-51(57)52-34-31-46(38-58(52)63)47-32-35-54-53-18-11-13-21-60(53)67(61(54)39-47)48-14-6-5-7-15-48)43-24-22-41(23-25-43)42-26-28-44(29-27-42)59-40-65-62-55-19-9-8-16-49(55)50-17-10-12-20-56(50)64(62,3)66-59/h5-22,24,26-35,37-40,62H,4,23,25,36H2,1-3H3. The average Bonchev–Trinajstić information content (AvgIpc) is 3.84. The van der Waals surface area contributed by atoms with E-state index in [2.05, 4.69) is 219 Å². The van der Waals surface area contributed by atoms with Crippen molar-refractivity contribution in [2.75, 3.05) is 0 Å². The Balaban J connectivity index is 0.786. The fourth-order valence-corrected chi connectivity index (χ4v) is 12.2. The Morgan fingerprint density at radius 1 is 0.507 bits per heavy atom. The quantitative estimate of drug-likeness (QED) is 0.153. The highest BCUT2D eigenvalue weighted by molar-refractivity contribution is 6.38. The number of nitrogens with zero attached hydrogens (tertiary/aromatic N) is 3. The SMILES string of the molecule is CCCC1(C)c2cc(C3=CC=C(c4ccc(C5=NC6(C)c7ccccc7-c7ccccc7C6N=C5)cc4)CC3)ccc2-c2ccc(-c3ccc4c5ccccc5n(-c5ccccc5)c4c3)cc21. The second kappa shape index (κ2) is 15.2. The van der Waals surface area contributed by atoms with Gasteiger partial charge < -0.3 is 4.57 Å². The van der Waals surface area contributed by atoms with Crippen LogP contribution in [0.4, 0.5) is 0 Å². The minimum Gasteiger partial charge on any atom is -0.309 e. The first kappa shape index (κ1) is 39.7. The molecule has 0 fully saturated rings. The maximum atomic E-state index is 5.48. The number of aromatic nitrogens is 1. The predicted molar refractivity (Wildman–Crippen MR) is 282 cm³/mol. The summed E-state index contributed by atoms with van der Waals surface area (Å²) in [6.45, 7) is 7.07. The number of aliphatic imine (C=N–C) groups is 2. The van der Waals surface area contributed by atoms with Crippen molar-refractivity contribution in [3.63, 3.8) is 0 Å². The van der Waals surface area contributed by atoms with Gasteiger partial charge in [0.05, 0.1) is 16.7 Å². The van der Waals surface area contributed by atoms with E-state index in [1.165, 1.54) is 105 Å². The van der Waals surface area contributed by atoms with Crippen molar-refractivity contribution in [2.24, 2.45) is 9.98 Å². The van der Waals surface area contributed by atoms with E-state index in [4.69, 9.17) is 9.98 Å². The van der Waals surface area contributed by atoms with Crippen LogP contribution in [0.1, 0.15) is 91.4 Å². The van der Waals surface area contributed by atoms with Crippen LogP contribution in [0.5, 0.6) is 0 Å². The van der Waals surface area contributed by atoms with Crippen LogP contribution in [-0.2, 0) is 11.0 Å². The molecule has 2 heterocycles. The van der Waals surface area contributed by atoms with Gasteiger partial charge in [-0.15, -0.1) is 0 Å². The maximum Gasteiger partial charge on any atom is 0.111 e. The van der Waals surface area contributed by atoms with Crippen LogP contribution >= 0.6 is 0 Å². The smallest absolute Gasteiger partial charge is 0.111 e. The Kier molecular flexibility index (Phi) is 9.02. The number of para-hydroxylation sites is 2. The summed E-state index contributed by atoms with van der Waals surface area (Å²) in [4.78, 5) is 10.7. The van der Waals surface area contributed by atoms with Gasteiger partial charge in [-0.2, -0.15) is 0 Å². The summed E-state index contributed by atoms with van der Waals surface area (Å²) in [5.41, 5.74) is 23.7. The molecular weight excluding hydrogens is 811 g/mol. The summed E-state index contributed by atoms with van der Waals surface area (Å²) >= 11 is 0. The van der Waals surface area contributed by atoms with Gasteiger partial charge in [-0.25, -0.2) is 0 Å². The molecule has 9 aromatic rings. The molecule has 3 unspecified atom stereocenters. The van der Waals surface area contributed by atoms with Gasteiger partial charge in [-0.05, 0) is 140 Å². The highest BCUT2D eigenvalue weighted by Crippen LogP contribution is 2.55. The Bertz CT molecular complexity index is 3620. The Morgan fingerprint density at radius 3 is 1.87 bits per heavy atom. The minimum atomic E-state index is -0.472. The van der Waals surface area contributed by atoms with Crippen molar-refractivity contribution >= 4 is 44.9 Å². The molecule has 3 aliphatic carbocycles. The fourth-order valence-electron chi connectivity index (χ4n) is 12.2. The van der Waals surface area contributed by atoms with Crippen LogP contribution in [0.15, 0.2) is 204 Å². The summed E-state index contributed by atoms with van der Waals surface area (Å²) in [7, 11) is 0. The third-order valence-corrected chi connectivity index (χ3v) is 15.6. The lowest BCUT2D eigenvalue weighted by atomic mass is 9.71. The van der Waals surface area contributed by atoms with Crippen LogP contribution < -0.4 is 0 Å². The molecule has 0 N–H and O–H groups in total. The van der Waals surface area contributed by atoms with Gasteiger partial charge in [0.1, 0.15) is 11.6 Å². The lowest BCUT2D eigenvalue weighted by Gasteiger charge is -2.41. The Labute approximate surface area is 393 Å². The third kappa shape index (κ3) is 6.10. The minimum absolute atomic E-state index is 0.0442. The van der Waals surface area contributed by atoms with Gasteiger partial charge in [-0.1, -0.05) is 178 Å². The first-order valence-corrected chi connectivity index (χ1v) is 24.1. The van der Waals surface area contributed by atoms with Crippen LogP contribution in [0.2, 0.25) is 0 Å². The zero-order valence-corrected chi connectivity index (χ0v) is 38.3. The molecular formula is C64H51N3. The van der Waals surface area contributed by atoms with Crippen molar-refractivity contribution in [3.8, 4) is 39.1 Å². The van der Waals surface area contributed by atoms with E-state index in [1.807, 2.05) is 6.21 Å². The molecule has 0 amide bonds. The topological polar surface area (TPSA) is 29.6 Å². The predicted octanol–water partition coefficient (Wildman–Crippen LogP) is 16.3. The summed E-state index contributed by atoms with van der Waals surface area (Å²) in [6, 6.07) is 67.5. The molecule has 0 spiro atoms. The highest BCUT2D eigenvalue weighted by atomic mass is 15.0. The molecule has 0 saturated carbocycles. The number of hydrogen-bond donors (Lipinski definition) is 0. The van der Waals surface area contributed by atoms with Crippen molar-refractivity contribution in [2.45, 2.75) is 63.5 Å². The first-order chi connectivity index (χ1) is 32.9. The van der Waals surface area contributed by atoms with Crippen molar-refractivity contribution in [3.05, 3.63) is 233 Å². The molecule has 0 saturated heterocycles. The molecule has 0 bridgehead atoms. The number of hydrogen-bond acceptors (Lipinski definition) is 2. The highest BCUT2D eigenvalue weighted by Gasteiger charge is 2.45. The second-order valence-corrected chi connectivity index (χ2v) is 19.4. The lowest BCUT2D eigenvalue weighted by Crippen LogP contribution is -2.36. The largest absolute Gasteiger partial charge is 0.309 e. The maximum absolute atomic E-state index is 5.48. The van der Waals surface area contributed by atoms with Gasteiger partial charge >= 0.3 is 0 Å². The summed E-state index contributed by atoms with van der Waals surface area (Å²) in [6.07, 6.45) is 10.9. The second-order valence-electron chi connectivity index (χ2n) is 19.4. The van der Waals surface area contributed by atoms with Crippen molar-refractivity contribution in [1.82, 2.24) is 4.57 Å². The Hall–Kier alpha value is -7.62. The van der Waals surface area contributed by atoms with E-state index < -0.39 is 5.54 Å². The molecule has 8 aromatic carbocycles. The molecule has 3 nitrogen and oxygen atoms in total. The molecule has 1 aliphatic heterocycles. The number of fused-ring (bicyclic) bond motifs is 12. The third-order valence-electron chi connectivity index (χ3n) is 15.6. The normalized spacial score (nSPS) is 20.0.